The van der Waals surface area contributed by atoms with Crippen molar-refractivity contribution in [3.05, 3.63) is 30.1 Å². The molecule has 0 bridgehead atoms. The molecular formula is C17H24N2O3. The Labute approximate surface area is 131 Å². The largest absolute Gasteiger partial charge is 0.378 e. The molecule has 0 aromatic carbocycles. The van der Waals surface area contributed by atoms with E-state index in [4.69, 9.17) is 9.47 Å². The van der Waals surface area contributed by atoms with E-state index in [-0.39, 0.29) is 11.5 Å². The summed E-state index contributed by atoms with van der Waals surface area (Å²) >= 11 is 0. The van der Waals surface area contributed by atoms with E-state index < -0.39 is 0 Å². The normalized spacial score (nSPS) is 24.4. The number of carbonyl (C=O) groups excluding carboxylic acids is 1. The number of hydrogen-bond donors (Lipinski definition) is 0. The zero-order valence-corrected chi connectivity index (χ0v) is 13.2. The summed E-state index contributed by atoms with van der Waals surface area (Å²) in [6, 6.07) is 5.45. The van der Waals surface area contributed by atoms with E-state index in [1.165, 1.54) is 0 Å². The second kappa shape index (κ2) is 6.75. The first-order valence-corrected chi connectivity index (χ1v) is 8.18. The summed E-state index contributed by atoms with van der Waals surface area (Å²) in [5, 5.41) is 0. The van der Waals surface area contributed by atoms with Crippen LogP contribution in [0.2, 0.25) is 0 Å². The Morgan fingerprint density at radius 1 is 1.45 bits per heavy atom. The molecule has 2 fully saturated rings. The molecular weight excluding hydrogens is 280 g/mol. The number of nitrogens with zero attached hydrogens (tertiary/aromatic N) is 2. The van der Waals surface area contributed by atoms with Crippen LogP contribution in [0.15, 0.2) is 24.4 Å². The highest BCUT2D eigenvalue weighted by Gasteiger charge is 2.41. The Morgan fingerprint density at radius 2 is 2.27 bits per heavy atom. The van der Waals surface area contributed by atoms with E-state index in [9.17, 15) is 4.79 Å². The Kier molecular flexibility index (Phi) is 4.74. The lowest BCUT2D eigenvalue weighted by molar-refractivity contribution is -0.151. The highest BCUT2D eigenvalue weighted by atomic mass is 16.5. The van der Waals surface area contributed by atoms with E-state index in [1.54, 1.807) is 12.3 Å². The average Bonchev–Trinajstić information content (AvgIpc) is 2.56. The number of ether oxygens (including phenoxy) is 2. The molecule has 0 N–H and O–H groups in total. The molecule has 22 heavy (non-hydrogen) atoms. The number of amides is 1. The van der Waals surface area contributed by atoms with Crippen LogP contribution in [-0.2, 0) is 9.47 Å². The van der Waals surface area contributed by atoms with E-state index in [0.717, 1.165) is 52.0 Å². The zero-order chi connectivity index (χ0) is 15.4. The predicted octanol–water partition coefficient (Wildman–Crippen LogP) is 2.27. The van der Waals surface area contributed by atoms with Crippen LogP contribution in [0.25, 0.3) is 0 Å². The molecule has 3 heterocycles. The van der Waals surface area contributed by atoms with E-state index in [0.29, 0.717) is 11.8 Å². The van der Waals surface area contributed by atoms with Crippen LogP contribution in [0.1, 0.15) is 43.1 Å². The third-order valence-corrected chi connectivity index (χ3v) is 4.70. The number of rotatable bonds is 3. The monoisotopic (exact) mass is 304 g/mol. The van der Waals surface area contributed by atoms with Crippen molar-refractivity contribution in [1.82, 2.24) is 9.88 Å². The Morgan fingerprint density at radius 3 is 2.95 bits per heavy atom. The van der Waals surface area contributed by atoms with Gasteiger partial charge in [0.15, 0.2) is 0 Å². The highest BCUT2D eigenvalue weighted by molar-refractivity contribution is 5.92. The lowest BCUT2D eigenvalue weighted by Crippen LogP contribution is -2.52. The number of piperidine rings is 1. The minimum Gasteiger partial charge on any atom is -0.378 e. The topological polar surface area (TPSA) is 51.7 Å². The third kappa shape index (κ3) is 3.31. The van der Waals surface area contributed by atoms with Crippen molar-refractivity contribution in [2.24, 2.45) is 0 Å². The van der Waals surface area contributed by atoms with E-state index in [2.05, 4.69) is 4.98 Å². The van der Waals surface area contributed by atoms with Gasteiger partial charge in [0.2, 0.25) is 0 Å². The number of carbonyl (C=O) groups is 1. The van der Waals surface area contributed by atoms with Crippen molar-refractivity contribution >= 4 is 5.91 Å². The van der Waals surface area contributed by atoms with Gasteiger partial charge in [-0.1, -0.05) is 6.07 Å². The van der Waals surface area contributed by atoms with Crippen LogP contribution in [0, 0.1) is 0 Å². The smallest absolute Gasteiger partial charge is 0.272 e. The molecule has 2 aliphatic rings. The standard InChI is InChI=1S/C17H24N2O3/c1-2-21-14-6-12-22-17(13-14)7-10-19(11-8-17)16(20)15-5-3-4-9-18-15/h3-5,9,14H,2,6-8,10-13H2,1H3. The van der Waals surface area contributed by atoms with Crippen LogP contribution in [0.4, 0.5) is 0 Å². The zero-order valence-electron chi connectivity index (χ0n) is 13.2. The summed E-state index contributed by atoms with van der Waals surface area (Å²) in [5.74, 6) is 0.0209. The van der Waals surface area contributed by atoms with Gasteiger partial charge in [0, 0.05) is 38.9 Å². The Hall–Kier alpha value is -1.46. The maximum absolute atomic E-state index is 12.4. The molecule has 2 aliphatic heterocycles. The molecule has 1 atom stereocenters. The first kappa shape index (κ1) is 15.4. The van der Waals surface area contributed by atoms with Gasteiger partial charge < -0.3 is 14.4 Å². The number of aromatic nitrogens is 1. The average molecular weight is 304 g/mol. The second-order valence-electron chi connectivity index (χ2n) is 6.11. The second-order valence-corrected chi connectivity index (χ2v) is 6.11. The minimum absolute atomic E-state index is 0.0209. The van der Waals surface area contributed by atoms with Gasteiger partial charge in [0.25, 0.3) is 5.91 Å². The molecule has 1 spiro atoms. The van der Waals surface area contributed by atoms with Crippen molar-refractivity contribution in [1.29, 1.82) is 0 Å². The molecule has 1 amide bonds. The lowest BCUT2D eigenvalue weighted by atomic mass is 9.83. The molecule has 0 radical (unpaired) electrons. The third-order valence-electron chi connectivity index (χ3n) is 4.70. The quantitative estimate of drug-likeness (QED) is 0.859. The summed E-state index contributed by atoms with van der Waals surface area (Å²) in [6.45, 7) is 5.02. The molecule has 0 saturated carbocycles. The van der Waals surface area contributed by atoms with Gasteiger partial charge >= 0.3 is 0 Å². The number of pyridine rings is 1. The van der Waals surface area contributed by atoms with Crippen LogP contribution in [-0.4, -0.2) is 53.8 Å². The number of hydrogen-bond acceptors (Lipinski definition) is 4. The SMILES string of the molecule is CCOC1CCOC2(CCN(C(=O)c3ccccn3)CC2)C1. The van der Waals surface area contributed by atoms with Crippen molar-refractivity contribution in [2.75, 3.05) is 26.3 Å². The molecule has 1 aromatic heterocycles. The van der Waals surface area contributed by atoms with Gasteiger partial charge in [-0.25, -0.2) is 0 Å². The fourth-order valence-corrected chi connectivity index (χ4v) is 3.48. The molecule has 1 unspecified atom stereocenters. The molecule has 120 valence electrons. The summed E-state index contributed by atoms with van der Waals surface area (Å²) in [6.07, 6.45) is 5.66. The van der Waals surface area contributed by atoms with Gasteiger partial charge in [-0.15, -0.1) is 0 Å². The van der Waals surface area contributed by atoms with Gasteiger partial charge in [0.1, 0.15) is 5.69 Å². The van der Waals surface area contributed by atoms with Crippen molar-refractivity contribution in [2.45, 2.75) is 44.3 Å². The maximum Gasteiger partial charge on any atom is 0.272 e. The first-order valence-electron chi connectivity index (χ1n) is 8.18. The van der Waals surface area contributed by atoms with Crippen molar-refractivity contribution in [3.63, 3.8) is 0 Å². The van der Waals surface area contributed by atoms with Crippen LogP contribution in [0.5, 0.6) is 0 Å². The van der Waals surface area contributed by atoms with E-state index in [1.807, 2.05) is 24.0 Å². The van der Waals surface area contributed by atoms with Gasteiger partial charge in [-0.3, -0.25) is 9.78 Å². The summed E-state index contributed by atoms with van der Waals surface area (Å²) < 4.78 is 11.9. The van der Waals surface area contributed by atoms with E-state index >= 15 is 0 Å². The van der Waals surface area contributed by atoms with Crippen molar-refractivity contribution in [3.8, 4) is 0 Å². The Bertz CT molecular complexity index is 496. The lowest BCUT2D eigenvalue weighted by Gasteiger charge is -2.46. The fourth-order valence-electron chi connectivity index (χ4n) is 3.48. The first-order chi connectivity index (χ1) is 10.7. The summed E-state index contributed by atoms with van der Waals surface area (Å²) in [7, 11) is 0. The van der Waals surface area contributed by atoms with Gasteiger partial charge in [-0.05, 0) is 38.3 Å². The maximum atomic E-state index is 12.4. The molecule has 0 aliphatic carbocycles. The van der Waals surface area contributed by atoms with Crippen LogP contribution < -0.4 is 0 Å². The molecule has 3 rings (SSSR count). The fraction of sp³-hybridized carbons (Fsp3) is 0.647. The molecule has 2 saturated heterocycles. The minimum atomic E-state index is -0.0982. The van der Waals surface area contributed by atoms with Gasteiger partial charge in [0.05, 0.1) is 11.7 Å². The highest BCUT2D eigenvalue weighted by Crippen LogP contribution is 2.36. The van der Waals surface area contributed by atoms with Crippen molar-refractivity contribution < 1.29 is 14.3 Å². The Balaban J connectivity index is 1.59. The van der Waals surface area contributed by atoms with Gasteiger partial charge in [-0.2, -0.15) is 0 Å². The molecule has 5 nitrogen and oxygen atoms in total. The summed E-state index contributed by atoms with van der Waals surface area (Å²) in [4.78, 5) is 18.5. The molecule has 1 aromatic rings. The molecule has 5 heteroatoms. The summed E-state index contributed by atoms with van der Waals surface area (Å²) in [5.41, 5.74) is 0.425. The van der Waals surface area contributed by atoms with Crippen LogP contribution in [0.3, 0.4) is 0 Å². The number of likely N-dealkylation sites (tertiary alicyclic amines) is 1. The van der Waals surface area contributed by atoms with Crippen LogP contribution >= 0.6 is 0 Å². The predicted molar refractivity (Wildman–Crippen MR) is 82.7 cm³/mol.